The Balaban J connectivity index is 1.43. The summed E-state index contributed by atoms with van der Waals surface area (Å²) in [5.41, 5.74) is 8.84. The first-order chi connectivity index (χ1) is 16.0. The lowest BCUT2D eigenvalue weighted by Gasteiger charge is -2.28. The lowest BCUT2D eigenvalue weighted by atomic mass is 9.93. The number of aryl methyl sites for hydroxylation is 3. The largest absolute Gasteiger partial charge is 0.455 e. The number of fused-ring (bicyclic) bond motifs is 2. The summed E-state index contributed by atoms with van der Waals surface area (Å²) in [6.07, 6.45) is 4.25. The van der Waals surface area contributed by atoms with Gasteiger partial charge in [-0.3, -0.25) is 9.59 Å². The molecule has 33 heavy (non-hydrogen) atoms. The van der Waals surface area contributed by atoms with Gasteiger partial charge in [-0.25, -0.2) is 5.43 Å². The van der Waals surface area contributed by atoms with E-state index in [-0.39, 0.29) is 11.8 Å². The first-order valence-corrected chi connectivity index (χ1v) is 11.5. The molecule has 6 heteroatoms. The molecule has 0 bridgehead atoms. The average molecular weight is 442 g/mol. The van der Waals surface area contributed by atoms with E-state index in [4.69, 9.17) is 4.42 Å². The number of hydrogen-bond donors (Lipinski definition) is 1. The molecule has 6 nitrogen and oxygen atoms in total. The normalized spacial score (nSPS) is 16.3. The topological polar surface area (TPSA) is 74.9 Å². The molecule has 2 amide bonds. The van der Waals surface area contributed by atoms with Gasteiger partial charge in [0.25, 0.3) is 11.8 Å². The van der Waals surface area contributed by atoms with Crippen LogP contribution in [0, 0.1) is 13.8 Å². The number of hydrogen-bond acceptors (Lipinski definition) is 4. The predicted molar refractivity (Wildman–Crippen MR) is 128 cm³/mol. The molecule has 0 radical (unpaired) electrons. The second-order valence-corrected chi connectivity index (χ2v) is 8.77. The van der Waals surface area contributed by atoms with Crippen LogP contribution in [0.25, 0.3) is 0 Å². The zero-order valence-corrected chi connectivity index (χ0v) is 19.0. The Morgan fingerprint density at radius 2 is 1.85 bits per heavy atom. The van der Waals surface area contributed by atoms with Gasteiger partial charge in [0.1, 0.15) is 5.76 Å². The monoisotopic (exact) mass is 441 g/mol. The third-order valence-corrected chi connectivity index (χ3v) is 6.45. The molecule has 2 aromatic carbocycles. The number of nitrogens with one attached hydrogen (secondary N) is 1. The fraction of sp³-hybridized carbons (Fsp3) is 0.296. The molecule has 0 saturated heterocycles. The summed E-state index contributed by atoms with van der Waals surface area (Å²) in [4.78, 5) is 27.9. The number of anilines is 1. The van der Waals surface area contributed by atoms with Crippen molar-refractivity contribution in [1.82, 2.24) is 5.43 Å². The highest BCUT2D eigenvalue weighted by molar-refractivity contribution is 6.10. The van der Waals surface area contributed by atoms with Crippen LogP contribution in [0.5, 0.6) is 0 Å². The molecule has 0 fully saturated rings. The van der Waals surface area contributed by atoms with Crippen LogP contribution in [-0.4, -0.2) is 24.1 Å². The van der Waals surface area contributed by atoms with Crippen LogP contribution < -0.4 is 10.3 Å². The highest BCUT2D eigenvalue weighted by Crippen LogP contribution is 2.33. The smallest absolute Gasteiger partial charge is 0.294 e. The van der Waals surface area contributed by atoms with E-state index in [1.54, 1.807) is 6.07 Å². The van der Waals surface area contributed by atoms with Gasteiger partial charge >= 0.3 is 0 Å². The third kappa shape index (κ3) is 3.97. The Bertz CT molecular complexity index is 1270. The van der Waals surface area contributed by atoms with Gasteiger partial charge in [0.15, 0.2) is 5.76 Å². The minimum atomic E-state index is -0.249. The maximum absolute atomic E-state index is 13.5. The maximum Gasteiger partial charge on any atom is 0.294 e. The maximum atomic E-state index is 13.5. The van der Waals surface area contributed by atoms with Gasteiger partial charge < -0.3 is 9.32 Å². The quantitative estimate of drug-likeness (QED) is 0.584. The van der Waals surface area contributed by atoms with Crippen molar-refractivity contribution in [2.75, 3.05) is 11.4 Å². The van der Waals surface area contributed by atoms with E-state index in [0.717, 1.165) is 66.0 Å². The molecule has 0 atom stereocenters. The molecule has 1 aliphatic carbocycles. The second kappa shape index (κ2) is 8.70. The minimum Gasteiger partial charge on any atom is -0.455 e. The molecule has 1 aliphatic heterocycles. The molecule has 0 unspecified atom stereocenters. The van der Waals surface area contributed by atoms with E-state index in [2.05, 4.69) is 16.6 Å². The van der Waals surface area contributed by atoms with Crippen molar-refractivity contribution in [3.63, 3.8) is 0 Å². The predicted octanol–water partition coefficient (Wildman–Crippen LogP) is 4.96. The lowest BCUT2D eigenvalue weighted by molar-refractivity contribution is 0.0948. The number of furan rings is 1. The van der Waals surface area contributed by atoms with Crippen molar-refractivity contribution in [3.8, 4) is 0 Å². The third-order valence-electron chi connectivity index (χ3n) is 6.45. The van der Waals surface area contributed by atoms with E-state index in [1.807, 2.05) is 55.1 Å². The number of carbonyl (C=O) groups excluding carboxylic acids is 2. The van der Waals surface area contributed by atoms with Crippen molar-refractivity contribution in [1.29, 1.82) is 0 Å². The zero-order chi connectivity index (χ0) is 22.9. The van der Waals surface area contributed by atoms with Crippen molar-refractivity contribution in [2.24, 2.45) is 5.10 Å². The van der Waals surface area contributed by atoms with E-state index >= 15 is 0 Å². The molecular formula is C27H27N3O3. The van der Waals surface area contributed by atoms with Crippen LogP contribution in [-0.2, 0) is 12.8 Å². The number of carbonyl (C=O) groups is 2. The molecule has 2 aliphatic rings. The van der Waals surface area contributed by atoms with E-state index in [0.29, 0.717) is 17.9 Å². The van der Waals surface area contributed by atoms with Crippen LogP contribution >= 0.6 is 0 Å². The lowest BCUT2D eigenvalue weighted by Crippen LogP contribution is -2.35. The van der Waals surface area contributed by atoms with Gasteiger partial charge in [0.2, 0.25) is 0 Å². The summed E-state index contributed by atoms with van der Waals surface area (Å²) in [7, 11) is 0. The molecule has 0 saturated carbocycles. The SMILES string of the molecule is Cc1cccc(C(=O)N/N=C2\CCCc3oc(C(=O)N4CCCc5ccccc54)c(C)c32)c1. The highest BCUT2D eigenvalue weighted by atomic mass is 16.4. The van der Waals surface area contributed by atoms with E-state index < -0.39 is 0 Å². The number of benzene rings is 2. The highest BCUT2D eigenvalue weighted by Gasteiger charge is 2.32. The standard InChI is InChI=1S/C27H27N3O3/c1-17-8-5-10-20(16-17)26(31)29-28-21-12-6-14-23-24(21)18(2)25(33-23)27(32)30-15-7-11-19-9-3-4-13-22(19)30/h3-5,8-10,13,16H,6-7,11-12,14-15H2,1-2H3,(H,29,31)/b28-21+. The molecule has 1 aromatic heterocycles. The Morgan fingerprint density at radius 3 is 2.70 bits per heavy atom. The van der Waals surface area contributed by atoms with Gasteiger partial charge in [-0.15, -0.1) is 0 Å². The zero-order valence-electron chi connectivity index (χ0n) is 19.0. The van der Waals surface area contributed by atoms with Crippen LogP contribution in [0.2, 0.25) is 0 Å². The first kappa shape index (κ1) is 21.2. The van der Waals surface area contributed by atoms with Gasteiger partial charge in [-0.1, -0.05) is 35.9 Å². The Labute approximate surface area is 193 Å². The molecule has 1 N–H and O–H groups in total. The van der Waals surface area contributed by atoms with Crippen LogP contribution in [0.4, 0.5) is 5.69 Å². The average Bonchev–Trinajstić information content (AvgIpc) is 3.18. The Kier molecular flexibility index (Phi) is 5.58. The number of rotatable bonds is 3. The molecule has 2 heterocycles. The first-order valence-electron chi connectivity index (χ1n) is 11.5. The van der Waals surface area contributed by atoms with Crippen LogP contribution in [0.1, 0.15) is 68.2 Å². The van der Waals surface area contributed by atoms with Gasteiger partial charge in [0, 0.05) is 35.3 Å². The van der Waals surface area contributed by atoms with Crippen LogP contribution in [0.3, 0.4) is 0 Å². The van der Waals surface area contributed by atoms with Gasteiger partial charge in [-0.05, 0) is 63.3 Å². The van der Waals surface area contributed by atoms with Crippen molar-refractivity contribution in [2.45, 2.75) is 46.0 Å². The number of amides is 2. The van der Waals surface area contributed by atoms with Crippen molar-refractivity contribution in [3.05, 3.63) is 87.9 Å². The fourth-order valence-electron chi connectivity index (χ4n) is 4.82. The van der Waals surface area contributed by atoms with Gasteiger partial charge in [-0.2, -0.15) is 5.10 Å². The molecule has 0 spiro atoms. The molecule has 5 rings (SSSR count). The van der Waals surface area contributed by atoms with E-state index in [9.17, 15) is 9.59 Å². The summed E-state index contributed by atoms with van der Waals surface area (Å²) < 4.78 is 6.12. The second-order valence-electron chi connectivity index (χ2n) is 8.77. The molecule has 168 valence electrons. The number of hydrazone groups is 1. The Hall–Kier alpha value is -3.67. The Morgan fingerprint density at radius 1 is 1.00 bits per heavy atom. The number of nitrogens with zero attached hydrogens (tertiary/aromatic N) is 2. The molecular weight excluding hydrogens is 414 g/mol. The van der Waals surface area contributed by atoms with Crippen molar-refractivity contribution >= 4 is 23.2 Å². The summed E-state index contributed by atoms with van der Waals surface area (Å²) in [5, 5.41) is 4.44. The van der Waals surface area contributed by atoms with Crippen molar-refractivity contribution < 1.29 is 14.0 Å². The summed E-state index contributed by atoms with van der Waals surface area (Å²) in [5.74, 6) is 0.783. The summed E-state index contributed by atoms with van der Waals surface area (Å²) >= 11 is 0. The summed E-state index contributed by atoms with van der Waals surface area (Å²) in [6, 6.07) is 15.5. The summed E-state index contributed by atoms with van der Waals surface area (Å²) in [6.45, 7) is 4.53. The van der Waals surface area contributed by atoms with E-state index in [1.165, 1.54) is 5.56 Å². The van der Waals surface area contributed by atoms with Crippen LogP contribution in [0.15, 0.2) is 58.0 Å². The fourth-order valence-corrected chi connectivity index (χ4v) is 4.82. The van der Waals surface area contributed by atoms with Gasteiger partial charge in [0.05, 0.1) is 5.71 Å². The molecule has 3 aromatic rings. The minimum absolute atomic E-state index is 0.114. The number of para-hydroxylation sites is 1.